The first-order chi connectivity index (χ1) is 18.1. The molecule has 1 aromatic heterocycles. The van der Waals surface area contributed by atoms with E-state index in [-0.39, 0.29) is 27.5 Å². The summed E-state index contributed by atoms with van der Waals surface area (Å²) in [5, 5.41) is 16.3. The summed E-state index contributed by atoms with van der Waals surface area (Å²) in [7, 11) is -2.58. The van der Waals surface area contributed by atoms with E-state index in [1.807, 2.05) is 0 Å². The van der Waals surface area contributed by atoms with Gasteiger partial charge in [-0.25, -0.2) is 26.9 Å². The molecule has 12 heteroatoms. The van der Waals surface area contributed by atoms with Crippen LogP contribution in [0.4, 0.5) is 14.5 Å². The van der Waals surface area contributed by atoms with Crippen LogP contribution in [0, 0.1) is 11.6 Å². The number of hydrogen-bond donors (Lipinski definition) is 1. The Morgan fingerprint density at radius 1 is 1.03 bits per heavy atom. The monoisotopic (exact) mass is 539 g/mol. The Morgan fingerprint density at radius 2 is 1.76 bits per heavy atom. The highest BCUT2D eigenvalue weighted by atomic mass is 32.2. The molecule has 0 aliphatic carbocycles. The maximum Gasteiger partial charge on any atom is 0.261 e. The lowest BCUT2D eigenvalue weighted by molar-refractivity contribution is -0.132. The van der Waals surface area contributed by atoms with Crippen LogP contribution >= 0.6 is 0 Å². The van der Waals surface area contributed by atoms with Crippen LogP contribution in [0.2, 0.25) is 0 Å². The fraction of sp³-hybridized carbons (Fsp3) is 0.192. The van der Waals surface area contributed by atoms with E-state index < -0.39 is 45.0 Å². The highest BCUT2D eigenvalue weighted by molar-refractivity contribution is 7.91. The zero-order chi connectivity index (χ0) is 27.2. The van der Waals surface area contributed by atoms with E-state index in [2.05, 4.69) is 10.1 Å². The van der Waals surface area contributed by atoms with Crippen molar-refractivity contribution in [2.45, 2.75) is 35.2 Å². The Morgan fingerprint density at radius 3 is 2.39 bits per heavy atom. The SMILES string of the molecule is CCC(N1C(=O)c2ccc(S(=O)(=O)c3ccccc3)cc2N(C)C1(O)c1ccc(F)cc1F)n1cncn1. The van der Waals surface area contributed by atoms with E-state index in [4.69, 9.17) is 0 Å². The summed E-state index contributed by atoms with van der Waals surface area (Å²) in [6.07, 6.45) is 1.92. The standard InChI is InChI=1S/C26H23F2N5O4S/c1-3-24(32-16-29-15-30-32)33-25(34)20-11-10-19(38(36,37)18-7-5-4-6-8-18)14-23(20)31(2)26(33,35)21-12-9-17(27)13-22(21)28/h4-16,24,35H,3H2,1-2H3. The van der Waals surface area contributed by atoms with Gasteiger partial charge in [-0.1, -0.05) is 25.1 Å². The Hall–Kier alpha value is -4.16. The first-order valence-corrected chi connectivity index (χ1v) is 13.1. The van der Waals surface area contributed by atoms with Crippen LogP contribution in [0.5, 0.6) is 0 Å². The first kappa shape index (κ1) is 25.5. The predicted molar refractivity (Wildman–Crippen MR) is 133 cm³/mol. The third-order valence-electron chi connectivity index (χ3n) is 6.64. The number of aromatic nitrogens is 3. The van der Waals surface area contributed by atoms with Gasteiger partial charge in [0.1, 0.15) is 30.5 Å². The molecule has 196 valence electrons. The molecular formula is C26H23F2N5O4S. The quantitative estimate of drug-likeness (QED) is 0.398. The smallest absolute Gasteiger partial charge is 0.261 e. The predicted octanol–water partition coefficient (Wildman–Crippen LogP) is 3.69. The minimum absolute atomic E-state index is 0.0444. The van der Waals surface area contributed by atoms with Gasteiger partial charge in [0.2, 0.25) is 9.84 Å². The van der Waals surface area contributed by atoms with Crippen LogP contribution in [0.1, 0.15) is 35.4 Å². The summed E-state index contributed by atoms with van der Waals surface area (Å²) in [5.74, 6) is -5.17. The fourth-order valence-corrected chi connectivity index (χ4v) is 6.05. The highest BCUT2D eigenvalue weighted by Crippen LogP contribution is 2.46. The lowest BCUT2D eigenvalue weighted by Gasteiger charge is -2.52. The van der Waals surface area contributed by atoms with Crippen molar-refractivity contribution < 1.29 is 27.1 Å². The third kappa shape index (κ3) is 3.84. The molecule has 2 atom stereocenters. The van der Waals surface area contributed by atoms with Gasteiger partial charge in [0, 0.05) is 13.1 Å². The highest BCUT2D eigenvalue weighted by Gasteiger charge is 2.53. The number of halogens is 2. The third-order valence-corrected chi connectivity index (χ3v) is 8.41. The van der Waals surface area contributed by atoms with Crippen molar-refractivity contribution in [2.24, 2.45) is 0 Å². The number of aliphatic hydroxyl groups is 1. The largest absolute Gasteiger partial charge is 0.350 e. The molecule has 9 nitrogen and oxygen atoms in total. The van der Waals surface area contributed by atoms with Crippen LogP contribution < -0.4 is 4.90 Å². The number of hydrogen-bond acceptors (Lipinski definition) is 7. The minimum atomic E-state index is -3.98. The Labute approximate surface area is 217 Å². The average Bonchev–Trinajstić information content (AvgIpc) is 3.44. The zero-order valence-electron chi connectivity index (χ0n) is 20.4. The second kappa shape index (κ2) is 9.30. The molecule has 0 radical (unpaired) electrons. The number of carbonyl (C=O) groups excluding carboxylic acids is 1. The van der Waals surface area contributed by atoms with Crippen LogP contribution in [0.15, 0.2) is 89.2 Å². The van der Waals surface area contributed by atoms with Crippen molar-refractivity contribution in [1.82, 2.24) is 19.7 Å². The molecular weight excluding hydrogens is 516 g/mol. The molecule has 0 bridgehead atoms. The first-order valence-electron chi connectivity index (χ1n) is 11.6. The van der Waals surface area contributed by atoms with Crippen LogP contribution in [0.3, 0.4) is 0 Å². The molecule has 0 saturated heterocycles. The average molecular weight is 540 g/mol. The lowest BCUT2D eigenvalue weighted by atomic mass is 9.97. The van der Waals surface area contributed by atoms with Gasteiger partial charge in [-0.2, -0.15) is 5.10 Å². The fourth-order valence-electron chi connectivity index (χ4n) is 4.75. The van der Waals surface area contributed by atoms with Crippen LogP contribution in [0.25, 0.3) is 0 Å². The summed E-state index contributed by atoms with van der Waals surface area (Å²) in [6, 6.07) is 14.3. The van der Waals surface area contributed by atoms with E-state index >= 15 is 4.39 Å². The van der Waals surface area contributed by atoms with Crippen LogP contribution in [-0.4, -0.2) is 46.1 Å². The minimum Gasteiger partial charge on any atom is -0.350 e. The van der Waals surface area contributed by atoms with E-state index in [0.717, 1.165) is 17.0 Å². The van der Waals surface area contributed by atoms with Gasteiger partial charge < -0.3 is 10.0 Å². The molecule has 0 spiro atoms. The topological polar surface area (TPSA) is 109 Å². The van der Waals surface area contributed by atoms with Crippen molar-refractivity contribution in [3.05, 3.63) is 102 Å². The van der Waals surface area contributed by atoms with Crippen molar-refractivity contribution in [2.75, 3.05) is 11.9 Å². The van der Waals surface area contributed by atoms with Gasteiger partial charge in [-0.05, 0) is 48.9 Å². The molecule has 1 aliphatic heterocycles. The molecule has 2 unspecified atom stereocenters. The van der Waals surface area contributed by atoms with E-state index in [9.17, 15) is 22.7 Å². The van der Waals surface area contributed by atoms with Crippen molar-refractivity contribution in [1.29, 1.82) is 0 Å². The molecule has 5 rings (SSSR count). The molecule has 1 amide bonds. The number of fused-ring (bicyclic) bond motifs is 1. The Kier molecular flexibility index (Phi) is 6.24. The number of benzene rings is 3. The second-order valence-corrected chi connectivity index (χ2v) is 10.7. The Bertz CT molecular complexity index is 1620. The molecule has 4 aromatic rings. The van der Waals surface area contributed by atoms with Gasteiger partial charge in [0.05, 0.1) is 26.6 Å². The normalized spacial score (nSPS) is 18.4. The van der Waals surface area contributed by atoms with E-state index in [1.165, 1.54) is 59.6 Å². The number of amides is 1. The van der Waals surface area contributed by atoms with E-state index in [0.29, 0.717) is 6.07 Å². The lowest BCUT2D eigenvalue weighted by Crippen LogP contribution is -2.64. The van der Waals surface area contributed by atoms with Crippen molar-refractivity contribution >= 4 is 21.4 Å². The van der Waals surface area contributed by atoms with Crippen molar-refractivity contribution in [3.63, 3.8) is 0 Å². The van der Waals surface area contributed by atoms with Gasteiger partial charge in [0.25, 0.3) is 11.8 Å². The molecule has 2 heterocycles. The number of rotatable bonds is 6. The zero-order valence-corrected chi connectivity index (χ0v) is 21.2. The van der Waals surface area contributed by atoms with Crippen molar-refractivity contribution in [3.8, 4) is 0 Å². The molecule has 0 fully saturated rings. The number of nitrogens with zero attached hydrogens (tertiary/aromatic N) is 5. The molecule has 1 aliphatic rings. The summed E-state index contributed by atoms with van der Waals surface area (Å²) in [5.41, 5.74) is -0.288. The molecule has 3 aromatic carbocycles. The molecule has 1 N–H and O–H groups in total. The Balaban J connectivity index is 1.74. The summed E-state index contributed by atoms with van der Waals surface area (Å²) in [4.78, 5) is 20.1. The number of anilines is 1. The van der Waals surface area contributed by atoms with Gasteiger partial charge in [0.15, 0.2) is 0 Å². The molecule has 38 heavy (non-hydrogen) atoms. The van der Waals surface area contributed by atoms with Gasteiger partial charge >= 0.3 is 0 Å². The maximum absolute atomic E-state index is 15.2. The number of sulfone groups is 1. The van der Waals surface area contributed by atoms with Gasteiger partial charge in [-0.15, -0.1) is 0 Å². The van der Waals surface area contributed by atoms with E-state index in [1.54, 1.807) is 25.1 Å². The molecule has 0 saturated carbocycles. The summed E-state index contributed by atoms with van der Waals surface area (Å²) >= 11 is 0. The van der Waals surface area contributed by atoms with Gasteiger partial charge in [-0.3, -0.25) is 9.69 Å². The summed E-state index contributed by atoms with van der Waals surface area (Å²) in [6.45, 7) is 1.74. The second-order valence-electron chi connectivity index (χ2n) is 8.75. The maximum atomic E-state index is 15.2. The van der Waals surface area contributed by atoms with Crippen LogP contribution in [-0.2, 0) is 15.7 Å². The number of carbonyl (C=O) groups is 1. The summed E-state index contributed by atoms with van der Waals surface area (Å²) < 4.78 is 57.0.